The topological polar surface area (TPSA) is 34.9 Å². The Morgan fingerprint density at radius 1 is 1.22 bits per heavy atom. The first kappa shape index (κ1) is 15.5. The van der Waals surface area contributed by atoms with E-state index in [4.69, 9.17) is 16.6 Å². The van der Waals surface area contributed by atoms with Gasteiger partial charge < -0.3 is 0 Å². The molecule has 4 heteroatoms. The predicted octanol–water partition coefficient (Wildman–Crippen LogP) is 4.72. The summed E-state index contributed by atoms with van der Waals surface area (Å²) in [4.78, 5) is 17.8. The number of benzene rings is 2. The Hall–Kier alpha value is -2.39. The summed E-state index contributed by atoms with van der Waals surface area (Å²) in [5.74, 6) is 0.753. The maximum atomic E-state index is 13.0. The van der Waals surface area contributed by atoms with E-state index in [1.807, 2.05) is 49.4 Å². The third-order valence-electron chi connectivity index (χ3n) is 3.86. The van der Waals surface area contributed by atoms with Gasteiger partial charge in [0.2, 0.25) is 0 Å². The number of rotatable bonds is 4. The lowest BCUT2D eigenvalue weighted by molar-refractivity contribution is 0.677. The third kappa shape index (κ3) is 2.80. The molecule has 23 heavy (non-hydrogen) atoms. The monoisotopic (exact) mass is 324 g/mol. The van der Waals surface area contributed by atoms with Gasteiger partial charge in [0.15, 0.2) is 0 Å². The van der Waals surface area contributed by atoms with Crippen LogP contribution >= 0.6 is 11.6 Å². The fourth-order valence-corrected chi connectivity index (χ4v) is 2.92. The summed E-state index contributed by atoms with van der Waals surface area (Å²) in [7, 11) is 0. The first-order chi connectivity index (χ1) is 11.1. The predicted molar refractivity (Wildman–Crippen MR) is 95.6 cm³/mol. The van der Waals surface area contributed by atoms with Crippen molar-refractivity contribution in [1.29, 1.82) is 0 Å². The number of halogens is 1. The fraction of sp³-hybridized carbons (Fsp3) is 0.158. The molecule has 116 valence electrons. The molecule has 0 amide bonds. The highest BCUT2D eigenvalue weighted by atomic mass is 35.5. The van der Waals surface area contributed by atoms with Gasteiger partial charge in [-0.1, -0.05) is 48.9 Å². The van der Waals surface area contributed by atoms with Crippen LogP contribution in [-0.2, 0) is 0 Å². The molecule has 0 aliphatic rings. The zero-order valence-corrected chi connectivity index (χ0v) is 13.6. The van der Waals surface area contributed by atoms with Gasteiger partial charge in [0.05, 0.1) is 21.6 Å². The molecule has 1 heterocycles. The van der Waals surface area contributed by atoms with Gasteiger partial charge in [-0.2, -0.15) is 0 Å². The van der Waals surface area contributed by atoms with E-state index in [0.717, 1.165) is 6.42 Å². The van der Waals surface area contributed by atoms with Crippen LogP contribution in [0.25, 0.3) is 16.6 Å². The molecule has 2 aromatic carbocycles. The van der Waals surface area contributed by atoms with Crippen LogP contribution < -0.4 is 5.56 Å². The van der Waals surface area contributed by atoms with Crippen molar-refractivity contribution in [2.75, 3.05) is 0 Å². The number of nitrogens with zero attached hydrogens (tertiary/aromatic N) is 2. The van der Waals surface area contributed by atoms with E-state index in [2.05, 4.69) is 6.58 Å². The molecular weight excluding hydrogens is 308 g/mol. The first-order valence-corrected chi connectivity index (χ1v) is 7.88. The van der Waals surface area contributed by atoms with E-state index in [0.29, 0.717) is 27.4 Å². The van der Waals surface area contributed by atoms with Crippen LogP contribution in [0, 0.1) is 0 Å². The van der Waals surface area contributed by atoms with Crippen molar-refractivity contribution in [2.45, 2.75) is 19.3 Å². The number of hydrogen-bond donors (Lipinski definition) is 0. The number of para-hydroxylation sites is 2. The van der Waals surface area contributed by atoms with Crippen molar-refractivity contribution in [3.05, 3.63) is 82.4 Å². The van der Waals surface area contributed by atoms with Crippen LogP contribution in [0.1, 0.15) is 25.1 Å². The van der Waals surface area contributed by atoms with E-state index in [9.17, 15) is 4.79 Å². The van der Waals surface area contributed by atoms with Crippen LogP contribution in [0.4, 0.5) is 0 Å². The van der Waals surface area contributed by atoms with Gasteiger partial charge in [0, 0.05) is 5.92 Å². The number of hydrogen-bond acceptors (Lipinski definition) is 2. The van der Waals surface area contributed by atoms with Crippen molar-refractivity contribution in [3.8, 4) is 5.69 Å². The Balaban J connectivity index is 2.40. The molecule has 0 aliphatic carbocycles. The molecule has 0 saturated heterocycles. The number of fused-ring (bicyclic) bond motifs is 1. The van der Waals surface area contributed by atoms with Crippen molar-refractivity contribution in [1.82, 2.24) is 9.55 Å². The van der Waals surface area contributed by atoms with Crippen LogP contribution in [-0.4, -0.2) is 9.55 Å². The second-order valence-corrected chi connectivity index (χ2v) is 5.91. The highest BCUT2D eigenvalue weighted by Crippen LogP contribution is 2.25. The smallest absolute Gasteiger partial charge is 0.266 e. The Morgan fingerprint density at radius 2 is 1.91 bits per heavy atom. The average molecular weight is 325 g/mol. The summed E-state index contributed by atoms with van der Waals surface area (Å²) >= 11 is 6.33. The lowest BCUT2D eigenvalue weighted by atomic mass is 10.1. The fourth-order valence-electron chi connectivity index (χ4n) is 2.70. The highest BCUT2D eigenvalue weighted by Gasteiger charge is 2.18. The van der Waals surface area contributed by atoms with Gasteiger partial charge in [0.25, 0.3) is 5.56 Å². The molecule has 0 radical (unpaired) electrons. The molecule has 0 N–H and O–H groups in total. The number of allylic oxidation sites excluding steroid dienone is 1. The van der Waals surface area contributed by atoms with Crippen molar-refractivity contribution in [2.24, 2.45) is 0 Å². The van der Waals surface area contributed by atoms with Gasteiger partial charge in [-0.05, 0) is 30.7 Å². The molecule has 0 bridgehead atoms. The molecule has 1 atom stereocenters. The largest absolute Gasteiger partial charge is 0.268 e. The first-order valence-electron chi connectivity index (χ1n) is 7.51. The second kappa shape index (κ2) is 6.39. The molecule has 3 aromatic rings. The number of aromatic nitrogens is 2. The van der Waals surface area contributed by atoms with Gasteiger partial charge >= 0.3 is 0 Å². The summed E-state index contributed by atoms with van der Waals surface area (Å²) in [6, 6.07) is 14.7. The summed E-state index contributed by atoms with van der Waals surface area (Å²) in [5.41, 5.74) is 1.25. The zero-order chi connectivity index (χ0) is 16.4. The second-order valence-electron chi connectivity index (χ2n) is 5.50. The van der Waals surface area contributed by atoms with Crippen LogP contribution in [0.3, 0.4) is 0 Å². The molecule has 0 aliphatic heterocycles. The SMILES string of the molecule is C=CC[C@@H](C)c1nc2ccccc2c(=O)n1-c1ccccc1Cl. The van der Waals surface area contributed by atoms with E-state index in [-0.39, 0.29) is 11.5 Å². The maximum absolute atomic E-state index is 13.0. The summed E-state index contributed by atoms with van der Waals surface area (Å²) in [6.45, 7) is 5.82. The lowest BCUT2D eigenvalue weighted by Gasteiger charge is -2.18. The summed E-state index contributed by atoms with van der Waals surface area (Å²) in [6.07, 6.45) is 2.57. The Morgan fingerprint density at radius 3 is 2.65 bits per heavy atom. The van der Waals surface area contributed by atoms with E-state index in [1.54, 1.807) is 16.7 Å². The van der Waals surface area contributed by atoms with E-state index < -0.39 is 0 Å². The van der Waals surface area contributed by atoms with Gasteiger partial charge in [-0.15, -0.1) is 6.58 Å². The van der Waals surface area contributed by atoms with Crippen molar-refractivity contribution < 1.29 is 0 Å². The Bertz CT molecular complexity index is 930. The molecule has 0 fully saturated rings. The highest BCUT2D eigenvalue weighted by molar-refractivity contribution is 6.32. The molecule has 3 rings (SSSR count). The average Bonchev–Trinajstić information content (AvgIpc) is 2.56. The van der Waals surface area contributed by atoms with Gasteiger partial charge in [0.1, 0.15) is 5.82 Å². The molecule has 0 spiro atoms. The minimum atomic E-state index is -0.102. The van der Waals surface area contributed by atoms with E-state index in [1.165, 1.54) is 0 Å². The van der Waals surface area contributed by atoms with Crippen LogP contribution in [0.2, 0.25) is 5.02 Å². The third-order valence-corrected chi connectivity index (χ3v) is 4.18. The molecular formula is C19H17ClN2O. The Labute approximate surface area is 139 Å². The van der Waals surface area contributed by atoms with Crippen LogP contribution in [0.15, 0.2) is 66.0 Å². The normalized spacial score (nSPS) is 12.3. The minimum Gasteiger partial charge on any atom is -0.268 e. The molecule has 3 nitrogen and oxygen atoms in total. The van der Waals surface area contributed by atoms with Gasteiger partial charge in [-0.3, -0.25) is 9.36 Å². The minimum absolute atomic E-state index is 0.0566. The Kier molecular flexibility index (Phi) is 4.30. The van der Waals surface area contributed by atoms with Crippen LogP contribution in [0.5, 0.6) is 0 Å². The summed E-state index contributed by atoms with van der Waals surface area (Å²) in [5, 5.41) is 1.11. The standard InChI is InChI=1S/C19H17ClN2O/c1-3-8-13(2)18-21-16-11-6-4-9-14(16)19(23)22(18)17-12-7-5-10-15(17)20/h3-7,9-13H,1,8H2,2H3/t13-/m1/s1. The van der Waals surface area contributed by atoms with E-state index >= 15 is 0 Å². The molecule has 0 unspecified atom stereocenters. The van der Waals surface area contributed by atoms with Crippen molar-refractivity contribution >= 4 is 22.5 Å². The zero-order valence-electron chi connectivity index (χ0n) is 12.9. The molecule has 1 aromatic heterocycles. The van der Waals surface area contributed by atoms with Crippen molar-refractivity contribution in [3.63, 3.8) is 0 Å². The lowest BCUT2D eigenvalue weighted by Crippen LogP contribution is -2.25. The summed E-state index contributed by atoms with van der Waals surface area (Å²) < 4.78 is 1.62. The molecule has 0 saturated carbocycles. The maximum Gasteiger partial charge on any atom is 0.266 e. The van der Waals surface area contributed by atoms with Gasteiger partial charge in [-0.25, -0.2) is 4.98 Å². The quantitative estimate of drug-likeness (QED) is 0.651.